The predicted molar refractivity (Wildman–Crippen MR) is 172 cm³/mol. The van der Waals surface area contributed by atoms with E-state index in [9.17, 15) is 27.2 Å². The topological polar surface area (TPSA) is 71.1 Å². The number of hydrogen-bond donors (Lipinski definition) is 0. The lowest BCUT2D eigenvalue weighted by Crippen LogP contribution is -2.34. The van der Waals surface area contributed by atoms with Crippen LogP contribution < -0.4 is 9.47 Å². The summed E-state index contributed by atoms with van der Waals surface area (Å²) in [5, 5.41) is 0. The molecule has 0 aliphatic carbocycles. The SMILES string of the molecule is CCCCCCCCCOc1ccc(-c2ccc(C(=O)Oc3ccc(C(=O)OC(CCCOCCC)C(F)(F)F)cc3F)cc2)cc1. The fourth-order valence-corrected chi connectivity index (χ4v) is 4.76. The van der Waals surface area contributed by atoms with E-state index in [0.717, 1.165) is 48.3 Å². The number of benzene rings is 3. The number of carbonyl (C=O) groups is 2. The third-order valence-corrected chi connectivity index (χ3v) is 7.41. The molecule has 0 saturated heterocycles. The number of unbranched alkanes of at least 4 members (excludes halogenated alkanes) is 6. The normalized spacial score (nSPS) is 12.0. The van der Waals surface area contributed by atoms with Gasteiger partial charge in [0, 0.05) is 13.2 Å². The first kappa shape index (κ1) is 37.5. The summed E-state index contributed by atoms with van der Waals surface area (Å²) in [5.74, 6) is -2.99. The first-order valence-electron chi connectivity index (χ1n) is 16.3. The molecule has 0 radical (unpaired) electrons. The van der Waals surface area contributed by atoms with Crippen LogP contribution in [0.4, 0.5) is 17.6 Å². The van der Waals surface area contributed by atoms with E-state index < -0.39 is 47.8 Å². The fourth-order valence-electron chi connectivity index (χ4n) is 4.76. The molecular weight excluding hydrogens is 616 g/mol. The molecular formula is C37H44F4O6. The van der Waals surface area contributed by atoms with E-state index in [2.05, 4.69) is 11.7 Å². The molecule has 1 unspecified atom stereocenters. The minimum Gasteiger partial charge on any atom is -0.494 e. The van der Waals surface area contributed by atoms with Crippen molar-refractivity contribution in [1.29, 1.82) is 0 Å². The van der Waals surface area contributed by atoms with Crippen LogP contribution in [0.1, 0.15) is 98.8 Å². The van der Waals surface area contributed by atoms with Gasteiger partial charge in [-0.05, 0) is 79.3 Å². The van der Waals surface area contributed by atoms with Gasteiger partial charge >= 0.3 is 18.1 Å². The summed E-state index contributed by atoms with van der Waals surface area (Å²) in [4.78, 5) is 25.1. The lowest BCUT2D eigenvalue weighted by Gasteiger charge is -2.20. The summed E-state index contributed by atoms with van der Waals surface area (Å²) in [6.07, 6.45) is 1.62. The minimum absolute atomic E-state index is 0.0301. The highest BCUT2D eigenvalue weighted by molar-refractivity contribution is 5.92. The molecule has 1 atom stereocenters. The molecule has 3 aromatic rings. The van der Waals surface area contributed by atoms with Gasteiger partial charge < -0.3 is 18.9 Å². The van der Waals surface area contributed by atoms with Crippen LogP contribution in [0.25, 0.3) is 11.1 Å². The Morgan fingerprint density at radius 1 is 0.681 bits per heavy atom. The fraction of sp³-hybridized carbons (Fsp3) is 0.459. The van der Waals surface area contributed by atoms with Crippen LogP contribution >= 0.6 is 0 Å². The second-order valence-corrected chi connectivity index (χ2v) is 11.3. The van der Waals surface area contributed by atoms with Gasteiger partial charge in [0.05, 0.1) is 17.7 Å². The van der Waals surface area contributed by atoms with Crippen molar-refractivity contribution < 1.29 is 46.1 Å². The highest BCUT2D eigenvalue weighted by atomic mass is 19.4. The number of ether oxygens (including phenoxy) is 4. The van der Waals surface area contributed by atoms with Crippen molar-refractivity contribution in [2.24, 2.45) is 0 Å². The van der Waals surface area contributed by atoms with E-state index >= 15 is 0 Å². The molecule has 0 spiro atoms. The van der Waals surface area contributed by atoms with Crippen molar-refractivity contribution >= 4 is 11.9 Å². The molecule has 0 saturated carbocycles. The molecule has 47 heavy (non-hydrogen) atoms. The second kappa shape index (κ2) is 19.7. The lowest BCUT2D eigenvalue weighted by atomic mass is 10.0. The zero-order valence-electron chi connectivity index (χ0n) is 27.1. The largest absolute Gasteiger partial charge is 0.494 e. The van der Waals surface area contributed by atoms with Gasteiger partial charge in [0.25, 0.3) is 0 Å². The third kappa shape index (κ3) is 13.0. The van der Waals surface area contributed by atoms with Crippen molar-refractivity contribution in [3.63, 3.8) is 0 Å². The van der Waals surface area contributed by atoms with Crippen molar-refractivity contribution in [1.82, 2.24) is 0 Å². The molecule has 0 bridgehead atoms. The van der Waals surface area contributed by atoms with Gasteiger partial charge in [-0.3, -0.25) is 0 Å². The zero-order chi connectivity index (χ0) is 34.1. The third-order valence-electron chi connectivity index (χ3n) is 7.41. The molecule has 0 aromatic heterocycles. The number of carbonyl (C=O) groups excluding carboxylic acids is 2. The smallest absolute Gasteiger partial charge is 0.425 e. The molecule has 3 aromatic carbocycles. The van der Waals surface area contributed by atoms with E-state index in [4.69, 9.17) is 14.2 Å². The molecule has 0 N–H and O–H groups in total. The highest BCUT2D eigenvalue weighted by Gasteiger charge is 2.42. The van der Waals surface area contributed by atoms with Crippen LogP contribution in [0.15, 0.2) is 66.7 Å². The molecule has 6 nitrogen and oxygen atoms in total. The van der Waals surface area contributed by atoms with Crippen LogP contribution in [-0.4, -0.2) is 44.0 Å². The Morgan fingerprint density at radius 3 is 1.91 bits per heavy atom. The van der Waals surface area contributed by atoms with Crippen molar-refractivity contribution in [2.75, 3.05) is 19.8 Å². The first-order chi connectivity index (χ1) is 22.6. The van der Waals surface area contributed by atoms with Crippen molar-refractivity contribution in [3.05, 3.63) is 83.7 Å². The standard InChI is InChI=1S/C37H44F4O6/c1-3-5-6-7-8-9-10-25-45-31-20-17-28(18-21-31)27-13-15-29(16-14-27)35(42)46-33-22-19-30(26-32(33)38)36(43)47-34(37(39,40)41)12-11-24-44-23-4-2/h13-22,26,34H,3-12,23-25H2,1-2H3. The Kier molecular flexibility index (Phi) is 15.7. The molecule has 256 valence electrons. The van der Waals surface area contributed by atoms with Crippen LogP contribution in [0, 0.1) is 5.82 Å². The lowest BCUT2D eigenvalue weighted by molar-refractivity contribution is -0.206. The van der Waals surface area contributed by atoms with Crippen molar-refractivity contribution in [3.8, 4) is 22.6 Å². The first-order valence-corrected chi connectivity index (χ1v) is 16.3. The van der Waals surface area contributed by atoms with E-state index in [1.54, 1.807) is 12.1 Å². The Morgan fingerprint density at radius 2 is 1.30 bits per heavy atom. The monoisotopic (exact) mass is 660 g/mol. The number of esters is 2. The summed E-state index contributed by atoms with van der Waals surface area (Å²) in [6, 6.07) is 16.9. The van der Waals surface area contributed by atoms with Crippen LogP contribution in [0.5, 0.6) is 11.5 Å². The summed E-state index contributed by atoms with van der Waals surface area (Å²) in [5.41, 5.74) is 1.47. The maximum atomic E-state index is 14.7. The number of rotatable bonds is 20. The number of alkyl halides is 3. The highest BCUT2D eigenvalue weighted by Crippen LogP contribution is 2.29. The summed E-state index contributed by atoms with van der Waals surface area (Å²) < 4.78 is 75.8. The predicted octanol–water partition coefficient (Wildman–Crippen LogP) is 10.1. The molecule has 0 aliphatic rings. The van der Waals surface area contributed by atoms with E-state index in [1.165, 1.54) is 44.2 Å². The molecule has 0 heterocycles. The van der Waals surface area contributed by atoms with Gasteiger partial charge in [-0.1, -0.05) is 76.6 Å². The van der Waals surface area contributed by atoms with E-state index in [0.29, 0.717) is 19.3 Å². The Hall–Kier alpha value is -3.92. The quantitative estimate of drug-likeness (QED) is 0.0520. The maximum Gasteiger partial charge on any atom is 0.425 e. The van der Waals surface area contributed by atoms with Crippen molar-refractivity contribution in [2.45, 2.75) is 90.3 Å². The van der Waals surface area contributed by atoms with Gasteiger partial charge in [0.1, 0.15) is 5.75 Å². The molecule has 0 fully saturated rings. The zero-order valence-corrected chi connectivity index (χ0v) is 27.1. The van der Waals surface area contributed by atoms with Crippen LogP contribution in [0.2, 0.25) is 0 Å². The summed E-state index contributed by atoms with van der Waals surface area (Å²) >= 11 is 0. The Bertz CT molecular complexity index is 1370. The van der Waals surface area contributed by atoms with Gasteiger partial charge in [-0.25, -0.2) is 14.0 Å². The number of halogens is 4. The molecule has 3 rings (SSSR count). The van der Waals surface area contributed by atoms with Gasteiger partial charge in [-0.15, -0.1) is 0 Å². The van der Waals surface area contributed by atoms with Gasteiger partial charge in [0.2, 0.25) is 0 Å². The van der Waals surface area contributed by atoms with Gasteiger partial charge in [-0.2, -0.15) is 13.2 Å². The molecule has 0 aliphatic heterocycles. The van der Waals surface area contributed by atoms with Crippen LogP contribution in [-0.2, 0) is 9.47 Å². The average Bonchev–Trinajstić information content (AvgIpc) is 3.06. The summed E-state index contributed by atoms with van der Waals surface area (Å²) in [7, 11) is 0. The molecule has 10 heteroatoms. The van der Waals surface area contributed by atoms with Crippen LogP contribution in [0.3, 0.4) is 0 Å². The maximum absolute atomic E-state index is 14.7. The summed E-state index contributed by atoms with van der Waals surface area (Å²) in [6.45, 7) is 5.27. The average molecular weight is 661 g/mol. The Labute approximate surface area is 274 Å². The Balaban J connectivity index is 1.50. The van der Waals surface area contributed by atoms with E-state index in [-0.39, 0.29) is 18.6 Å². The number of hydrogen-bond acceptors (Lipinski definition) is 6. The second-order valence-electron chi connectivity index (χ2n) is 11.3. The van der Waals surface area contributed by atoms with Gasteiger partial charge in [0.15, 0.2) is 17.7 Å². The van der Waals surface area contributed by atoms with E-state index in [1.807, 2.05) is 31.2 Å². The minimum atomic E-state index is -4.80. The molecule has 0 amide bonds.